The normalized spacial score (nSPS) is 14.4. The summed E-state index contributed by atoms with van der Waals surface area (Å²) in [6, 6.07) is 9.77. The third-order valence-electron chi connectivity index (χ3n) is 3.84. The molecule has 2 heterocycles. The molecule has 0 saturated carbocycles. The molecule has 1 fully saturated rings. The van der Waals surface area contributed by atoms with Gasteiger partial charge in [-0.15, -0.1) is 0 Å². The lowest BCUT2D eigenvalue weighted by Gasteiger charge is -2.30. The average Bonchev–Trinajstić information content (AvgIpc) is 2.63. The van der Waals surface area contributed by atoms with Gasteiger partial charge in [-0.1, -0.05) is 12.1 Å². The fourth-order valence-electron chi connectivity index (χ4n) is 2.68. The summed E-state index contributed by atoms with van der Waals surface area (Å²) in [6.45, 7) is 6.98. The summed E-state index contributed by atoms with van der Waals surface area (Å²) in [4.78, 5) is 22.7. The highest BCUT2D eigenvalue weighted by molar-refractivity contribution is 5.93. The predicted molar refractivity (Wildman–Crippen MR) is 97.4 cm³/mol. The number of benzene rings is 1. The molecule has 0 atom stereocenters. The lowest BCUT2D eigenvalue weighted by Crippen LogP contribution is -2.36. The van der Waals surface area contributed by atoms with Gasteiger partial charge >= 0.3 is 0 Å². The molecular weight excluding hydrogens is 318 g/mol. The summed E-state index contributed by atoms with van der Waals surface area (Å²) in [7, 11) is 0. The van der Waals surface area contributed by atoms with Gasteiger partial charge in [-0.25, -0.2) is 9.97 Å². The van der Waals surface area contributed by atoms with Crippen LogP contribution in [0.4, 0.5) is 17.2 Å². The van der Waals surface area contributed by atoms with Crippen LogP contribution in [0, 0.1) is 0 Å². The van der Waals surface area contributed by atoms with E-state index in [-0.39, 0.29) is 11.9 Å². The minimum atomic E-state index is -0.207. The minimum absolute atomic E-state index is 0.0564. The van der Waals surface area contributed by atoms with E-state index in [1.807, 2.05) is 32.0 Å². The first-order valence-electron chi connectivity index (χ1n) is 8.45. The van der Waals surface area contributed by atoms with Gasteiger partial charge < -0.3 is 20.3 Å². The van der Waals surface area contributed by atoms with E-state index in [2.05, 4.69) is 31.6 Å². The van der Waals surface area contributed by atoms with Gasteiger partial charge in [-0.05, 0) is 26.0 Å². The molecule has 0 unspecified atom stereocenters. The smallest absolute Gasteiger partial charge is 0.270 e. The van der Waals surface area contributed by atoms with Crippen LogP contribution in [0.2, 0.25) is 0 Å². The summed E-state index contributed by atoms with van der Waals surface area (Å²) >= 11 is 0. The lowest BCUT2D eigenvalue weighted by molar-refractivity contribution is 0.0938. The number of rotatable bonds is 5. The van der Waals surface area contributed by atoms with Crippen molar-refractivity contribution in [1.29, 1.82) is 0 Å². The van der Waals surface area contributed by atoms with Crippen LogP contribution in [-0.2, 0) is 4.74 Å². The number of aromatic nitrogens is 2. The predicted octanol–water partition coefficient (Wildman–Crippen LogP) is 2.20. The lowest BCUT2D eigenvalue weighted by atomic mass is 10.2. The van der Waals surface area contributed by atoms with Crippen molar-refractivity contribution in [3.05, 3.63) is 42.4 Å². The van der Waals surface area contributed by atoms with Gasteiger partial charge in [0.05, 0.1) is 24.6 Å². The van der Waals surface area contributed by atoms with Gasteiger partial charge in [0, 0.05) is 25.2 Å². The van der Waals surface area contributed by atoms with Gasteiger partial charge in [0.25, 0.3) is 5.91 Å². The third-order valence-corrected chi connectivity index (χ3v) is 3.84. The SMILES string of the molecule is CC(C)NC(=O)c1cc(Nc2ccccc2N2CCOCC2)ncn1. The van der Waals surface area contributed by atoms with E-state index in [0.29, 0.717) is 11.5 Å². The maximum absolute atomic E-state index is 12.1. The average molecular weight is 341 g/mol. The fourth-order valence-corrected chi connectivity index (χ4v) is 2.68. The molecule has 0 radical (unpaired) electrons. The van der Waals surface area contributed by atoms with Crippen molar-refractivity contribution in [2.75, 3.05) is 36.5 Å². The Morgan fingerprint density at radius 2 is 1.96 bits per heavy atom. The molecule has 1 aromatic heterocycles. The van der Waals surface area contributed by atoms with Gasteiger partial charge in [-0.2, -0.15) is 0 Å². The molecule has 2 N–H and O–H groups in total. The second kappa shape index (κ2) is 7.94. The molecule has 25 heavy (non-hydrogen) atoms. The van der Waals surface area contributed by atoms with Gasteiger partial charge in [0.15, 0.2) is 0 Å². The van der Waals surface area contributed by atoms with Crippen molar-refractivity contribution < 1.29 is 9.53 Å². The molecule has 1 saturated heterocycles. The Hall–Kier alpha value is -2.67. The highest BCUT2D eigenvalue weighted by atomic mass is 16.5. The van der Waals surface area contributed by atoms with Crippen molar-refractivity contribution >= 4 is 23.1 Å². The number of ether oxygens (including phenoxy) is 1. The Bertz CT molecular complexity index is 729. The number of para-hydroxylation sites is 2. The third kappa shape index (κ3) is 4.45. The summed E-state index contributed by atoms with van der Waals surface area (Å²) in [6.07, 6.45) is 1.40. The standard InChI is InChI=1S/C18H23N5O2/c1-13(2)21-18(24)15-11-17(20-12-19-15)22-14-5-3-4-6-16(14)23-7-9-25-10-8-23/h3-6,11-13H,7-10H2,1-2H3,(H,21,24)(H,19,20,22). The van der Waals surface area contributed by atoms with E-state index in [0.717, 1.165) is 37.7 Å². The Kier molecular flexibility index (Phi) is 5.45. The van der Waals surface area contributed by atoms with Gasteiger partial charge in [0.1, 0.15) is 17.8 Å². The van der Waals surface area contributed by atoms with Crippen molar-refractivity contribution in [2.45, 2.75) is 19.9 Å². The molecule has 7 heteroatoms. The van der Waals surface area contributed by atoms with Crippen LogP contribution in [0.25, 0.3) is 0 Å². The van der Waals surface area contributed by atoms with Crippen LogP contribution in [0.1, 0.15) is 24.3 Å². The summed E-state index contributed by atoms with van der Waals surface area (Å²) in [5.41, 5.74) is 2.38. The number of nitrogens with zero attached hydrogens (tertiary/aromatic N) is 3. The topological polar surface area (TPSA) is 79.4 Å². The van der Waals surface area contributed by atoms with Crippen molar-refractivity contribution in [1.82, 2.24) is 15.3 Å². The number of carbonyl (C=O) groups excluding carboxylic acids is 1. The van der Waals surface area contributed by atoms with E-state index < -0.39 is 0 Å². The van der Waals surface area contributed by atoms with Crippen LogP contribution in [-0.4, -0.2) is 48.2 Å². The van der Waals surface area contributed by atoms with Gasteiger partial charge in [0.2, 0.25) is 0 Å². The van der Waals surface area contributed by atoms with E-state index in [1.165, 1.54) is 6.33 Å². The van der Waals surface area contributed by atoms with E-state index >= 15 is 0 Å². The molecule has 1 aliphatic heterocycles. The zero-order valence-corrected chi connectivity index (χ0v) is 14.5. The maximum Gasteiger partial charge on any atom is 0.270 e. The monoisotopic (exact) mass is 341 g/mol. The van der Waals surface area contributed by atoms with Crippen LogP contribution in [0.5, 0.6) is 0 Å². The largest absolute Gasteiger partial charge is 0.378 e. The second-order valence-electron chi connectivity index (χ2n) is 6.16. The molecule has 3 rings (SSSR count). The quantitative estimate of drug-likeness (QED) is 0.868. The first kappa shape index (κ1) is 17.2. The molecule has 2 aromatic rings. The number of carbonyl (C=O) groups is 1. The first-order chi connectivity index (χ1) is 12.1. The molecule has 1 amide bonds. The highest BCUT2D eigenvalue weighted by Crippen LogP contribution is 2.28. The summed E-state index contributed by atoms with van der Waals surface area (Å²) in [5, 5.41) is 6.14. The van der Waals surface area contributed by atoms with Crippen LogP contribution < -0.4 is 15.5 Å². The molecule has 0 spiro atoms. The van der Waals surface area contributed by atoms with Crippen LogP contribution in [0.15, 0.2) is 36.7 Å². The number of nitrogens with one attached hydrogen (secondary N) is 2. The molecule has 0 aliphatic carbocycles. The zero-order chi connectivity index (χ0) is 17.6. The Labute approximate surface area is 147 Å². The molecular formula is C18H23N5O2. The number of hydrogen-bond acceptors (Lipinski definition) is 6. The molecule has 0 bridgehead atoms. The number of anilines is 3. The van der Waals surface area contributed by atoms with Gasteiger partial charge in [-0.3, -0.25) is 4.79 Å². The maximum atomic E-state index is 12.1. The van der Waals surface area contributed by atoms with Crippen LogP contribution >= 0.6 is 0 Å². The Balaban J connectivity index is 1.80. The van der Waals surface area contributed by atoms with Crippen LogP contribution in [0.3, 0.4) is 0 Å². The molecule has 132 valence electrons. The summed E-state index contributed by atoms with van der Waals surface area (Å²) < 4.78 is 5.43. The Morgan fingerprint density at radius 3 is 2.72 bits per heavy atom. The highest BCUT2D eigenvalue weighted by Gasteiger charge is 2.15. The molecule has 1 aromatic carbocycles. The van der Waals surface area contributed by atoms with Crippen molar-refractivity contribution in [3.63, 3.8) is 0 Å². The molecule has 1 aliphatic rings. The van der Waals surface area contributed by atoms with E-state index in [4.69, 9.17) is 4.74 Å². The minimum Gasteiger partial charge on any atom is -0.378 e. The Morgan fingerprint density at radius 1 is 1.20 bits per heavy atom. The first-order valence-corrected chi connectivity index (χ1v) is 8.45. The number of morpholine rings is 1. The van der Waals surface area contributed by atoms with Crippen molar-refractivity contribution in [3.8, 4) is 0 Å². The van der Waals surface area contributed by atoms with E-state index in [1.54, 1.807) is 6.07 Å². The second-order valence-corrected chi connectivity index (χ2v) is 6.16. The number of hydrogen-bond donors (Lipinski definition) is 2. The fraction of sp³-hybridized carbons (Fsp3) is 0.389. The van der Waals surface area contributed by atoms with Crippen molar-refractivity contribution in [2.24, 2.45) is 0 Å². The molecule has 7 nitrogen and oxygen atoms in total. The number of amides is 1. The van der Waals surface area contributed by atoms with E-state index in [9.17, 15) is 4.79 Å². The zero-order valence-electron chi connectivity index (χ0n) is 14.5. The summed E-state index contributed by atoms with van der Waals surface area (Å²) in [5.74, 6) is 0.381.